The standard InChI is InChI=1S/C21H30N6O2S2/c1-3-25(4-2)17(28)15-30-20-23-24-21(27(20)22)31-18(16-11-7-5-8-12-16)19(29)26-13-9-6-10-14-26/h5,7-8,11-12,18H,3-4,6,9-10,13-15,22H2,1-2H3/t18-/m0/s1. The molecule has 0 unspecified atom stereocenters. The highest BCUT2D eigenvalue weighted by Gasteiger charge is 2.30. The molecule has 0 aliphatic carbocycles. The molecule has 2 amide bonds. The smallest absolute Gasteiger partial charge is 0.240 e. The number of amides is 2. The summed E-state index contributed by atoms with van der Waals surface area (Å²) in [7, 11) is 0. The number of hydrogen-bond donors (Lipinski definition) is 1. The van der Waals surface area contributed by atoms with Gasteiger partial charge in [0.25, 0.3) is 0 Å². The molecule has 1 saturated heterocycles. The lowest BCUT2D eigenvalue weighted by Crippen LogP contribution is -2.38. The van der Waals surface area contributed by atoms with Gasteiger partial charge in [0, 0.05) is 26.2 Å². The lowest BCUT2D eigenvalue weighted by atomic mass is 10.1. The first-order valence-electron chi connectivity index (χ1n) is 10.7. The number of nitrogen functional groups attached to an aromatic ring is 1. The number of thioether (sulfide) groups is 2. The van der Waals surface area contributed by atoms with E-state index in [1.54, 1.807) is 4.90 Å². The molecule has 1 fully saturated rings. The second-order valence-corrected chi connectivity index (χ2v) is 9.30. The summed E-state index contributed by atoms with van der Waals surface area (Å²) < 4.78 is 1.38. The van der Waals surface area contributed by atoms with Crippen LogP contribution >= 0.6 is 23.5 Å². The molecule has 3 rings (SSSR count). The molecule has 2 aromatic rings. The molecule has 1 aromatic carbocycles. The zero-order valence-electron chi connectivity index (χ0n) is 18.1. The average Bonchev–Trinajstić information content (AvgIpc) is 3.16. The van der Waals surface area contributed by atoms with Gasteiger partial charge in [-0.25, -0.2) is 4.68 Å². The SMILES string of the molecule is CCN(CC)C(=O)CSc1nnc(S[C@H](C(=O)N2CCCCC2)c2ccccc2)n1N. The summed E-state index contributed by atoms with van der Waals surface area (Å²) in [6.45, 7) is 6.82. The first kappa shape index (κ1) is 23.5. The number of likely N-dealkylation sites (tertiary alicyclic amines) is 1. The number of piperidine rings is 1. The Morgan fingerprint density at radius 2 is 1.71 bits per heavy atom. The molecule has 8 nitrogen and oxygen atoms in total. The number of benzene rings is 1. The Morgan fingerprint density at radius 1 is 1.06 bits per heavy atom. The van der Waals surface area contributed by atoms with Crippen LogP contribution in [0.4, 0.5) is 0 Å². The number of rotatable bonds is 9. The molecule has 31 heavy (non-hydrogen) atoms. The summed E-state index contributed by atoms with van der Waals surface area (Å²) in [6.07, 6.45) is 3.23. The summed E-state index contributed by atoms with van der Waals surface area (Å²) >= 11 is 2.56. The maximum absolute atomic E-state index is 13.3. The van der Waals surface area contributed by atoms with E-state index < -0.39 is 5.25 Å². The lowest BCUT2D eigenvalue weighted by Gasteiger charge is -2.30. The predicted molar refractivity (Wildman–Crippen MR) is 124 cm³/mol. The summed E-state index contributed by atoms with van der Waals surface area (Å²) in [6, 6.07) is 9.70. The van der Waals surface area contributed by atoms with E-state index in [1.165, 1.54) is 28.2 Å². The minimum absolute atomic E-state index is 0.0367. The molecule has 2 N–H and O–H groups in total. The van der Waals surface area contributed by atoms with Crippen LogP contribution in [0.25, 0.3) is 0 Å². The Labute approximate surface area is 191 Å². The maximum Gasteiger partial charge on any atom is 0.240 e. The van der Waals surface area contributed by atoms with Crippen LogP contribution in [0.2, 0.25) is 0 Å². The van der Waals surface area contributed by atoms with Crippen LogP contribution in [0.3, 0.4) is 0 Å². The highest BCUT2D eigenvalue weighted by atomic mass is 32.2. The van der Waals surface area contributed by atoms with Crippen LogP contribution < -0.4 is 5.84 Å². The van der Waals surface area contributed by atoms with Crippen LogP contribution in [-0.2, 0) is 9.59 Å². The quantitative estimate of drug-likeness (QED) is 0.452. The second kappa shape index (κ2) is 11.4. The van der Waals surface area contributed by atoms with Gasteiger partial charge in [-0.05, 0) is 38.7 Å². The highest BCUT2D eigenvalue weighted by Crippen LogP contribution is 2.37. The van der Waals surface area contributed by atoms with Crippen molar-refractivity contribution in [1.29, 1.82) is 0 Å². The van der Waals surface area contributed by atoms with Crippen molar-refractivity contribution >= 4 is 35.3 Å². The minimum Gasteiger partial charge on any atom is -0.343 e. The van der Waals surface area contributed by atoms with E-state index in [9.17, 15) is 9.59 Å². The van der Waals surface area contributed by atoms with Gasteiger partial charge in [-0.3, -0.25) is 9.59 Å². The number of nitrogens with zero attached hydrogens (tertiary/aromatic N) is 5. The molecule has 0 saturated carbocycles. The van der Waals surface area contributed by atoms with Crippen LogP contribution in [0.1, 0.15) is 43.9 Å². The molecule has 2 heterocycles. The van der Waals surface area contributed by atoms with Crippen molar-refractivity contribution in [2.24, 2.45) is 0 Å². The predicted octanol–water partition coefficient (Wildman–Crippen LogP) is 2.80. The van der Waals surface area contributed by atoms with Crippen molar-refractivity contribution in [2.75, 3.05) is 37.8 Å². The fraction of sp³-hybridized carbons (Fsp3) is 0.524. The number of carbonyl (C=O) groups excluding carboxylic acids is 2. The fourth-order valence-corrected chi connectivity index (χ4v) is 5.37. The molecular weight excluding hydrogens is 432 g/mol. The van der Waals surface area contributed by atoms with E-state index in [4.69, 9.17) is 5.84 Å². The number of carbonyl (C=O) groups is 2. The van der Waals surface area contributed by atoms with Gasteiger partial charge in [0.2, 0.25) is 22.1 Å². The number of hydrogen-bond acceptors (Lipinski definition) is 7. The summed E-state index contributed by atoms with van der Waals surface area (Å²) in [4.78, 5) is 29.3. The molecule has 1 aliphatic rings. The van der Waals surface area contributed by atoms with Gasteiger partial charge in [0.1, 0.15) is 5.25 Å². The molecule has 1 aliphatic heterocycles. The van der Waals surface area contributed by atoms with Gasteiger partial charge in [0.15, 0.2) is 0 Å². The van der Waals surface area contributed by atoms with Crippen LogP contribution in [-0.4, -0.2) is 68.4 Å². The molecule has 0 bridgehead atoms. The van der Waals surface area contributed by atoms with Crippen molar-refractivity contribution in [3.63, 3.8) is 0 Å². The summed E-state index contributed by atoms with van der Waals surface area (Å²) in [5.74, 6) is 6.59. The van der Waals surface area contributed by atoms with Crippen LogP contribution in [0, 0.1) is 0 Å². The molecule has 0 radical (unpaired) electrons. The van der Waals surface area contributed by atoms with E-state index in [1.807, 2.05) is 49.1 Å². The number of nitrogens with two attached hydrogens (primary N) is 1. The Hall–Kier alpha value is -2.20. The Kier molecular flexibility index (Phi) is 8.65. The van der Waals surface area contributed by atoms with Crippen molar-refractivity contribution in [2.45, 2.75) is 48.7 Å². The topological polar surface area (TPSA) is 97.4 Å². The van der Waals surface area contributed by atoms with Crippen molar-refractivity contribution < 1.29 is 9.59 Å². The zero-order chi connectivity index (χ0) is 22.2. The van der Waals surface area contributed by atoms with E-state index in [0.717, 1.165) is 37.9 Å². The molecule has 0 spiro atoms. The first-order chi connectivity index (χ1) is 15.0. The third-order valence-corrected chi connectivity index (χ3v) is 7.42. The number of aromatic nitrogens is 3. The third kappa shape index (κ3) is 5.94. The summed E-state index contributed by atoms with van der Waals surface area (Å²) in [5.41, 5.74) is 0.914. The third-order valence-electron chi connectivity index (χ3n) is 5.29. The largest absolute Gasteiger partial charge is 0.343 e. The monoisotopic (exact) mass is 462 g/mol. The van der Waals surface area contributed by atoms with Gasteiger partial charge in [-0.15, -0.1) is 10.2 Å². The van der Waals surface area contributed by atoms with Crippen molar-refractivity contribution in [3.05, 3.63) is 35.9 Å². The van der Waals surface area contributed by atoms with Gasteiger partial charge in [0.05, 0.1) is 5.75 Å². The minimum atomic E-state index is -0.444. The van der Waals surface area contributed by atoms with Gasteiger partial charge < -0.3 is 15.6 Å². The Balaban J connectivity index is 1.74. The Morgan fingerprint density at radius 3 is 2.35 bits per heavy atom. The molecular formula is C21H30N6O2S2. The van der Waals surface area contributed by atoms with Gasteiger partial charge in [-0.2, -0.15) is 0 Å². The van der Waals surface area contributed by atoms with Crippen LogP contribution in [0.5, 0.6) is 0 Å². The van der Waals surface area contributed by atoms with Crippen molar-refractivity contribution in [3.8, 4) is 0 Å². The highest BCUT2D eigenvalue weighted by molar-refractivity contribution is 8.00. The first-order valence-corrected chi connectivity index (χ1v) is 12.5. The van der Waals surface area contributed by atoms with E-state index >= 15 is 0 Å². The molecule has 168 valence electrons. The normalized spacial score (nSPS) is 15.0. The maximum atomic E-state index is 13.3. The lowest BCUT2D eigenvalue weighted by molar-refractivity contribution is -0.131. The zero-order valence-corrected chi connectivity index (χ0v) is 19.7. The fourth-order valence-electron chi connectivity index (χ4n) is 3.51. The van der Waals surface area contributed by atoms with Crippen molar-refractivity contribution in [1.82, 2.24) is 24.7 Å². The Bertz CT molecular complexity index is 866. The second-order valence-electron chi connectivity index (χ2n) is 7.28. The van der Waals surface area contributed by atoms with Crippen LogP contribution in [0.15, 0.2) is 40.6 Å². The van der Waals surface area contributed by atoms with Gasteiger partial charge >= 0.3 is 0 Å². The van der Waals surface area contributed by atoms with E-state index in [-0.39, 0.29) is 17.6 Å². The van der Waals surface area contributed by atoms with Gasteiger partial charge in [-0.1, -0.05) is 53.9 Å². The average molecular weight is 463 g/mol. The summed E-state index contributed by atoms with van der Waals surface area (Å²) in [5, 5.41) is 8.83. The van der Waals surface area contributed by atoms with E-state index in [2.05, 4.69) is 10.2 Å². The van der Waals surface area contributed by atoms with E-state index in [0.29, 0.717) is 23.4 Å². The molecule has 10 heteroatoms. The molecule has 1 aromatic heterocycles. The molecule has 1 atom stereocenters.